The highest BCUT2D eigenvalue weighted by Gasteiger charge is 2.21. The summed E-state index contributed by atoms with van der Waals surface area (Å²) in [6.45, 7) is 10.0. The molecule has 0 saturated heterocycles. The Balaban J connectivity index is 2.15. The third-order valence-corrected chi connectivity index (χ3v) is 4.69. The SMILES string of the molecule is COc1c(C)cnc(Cn2cc(CC(C)(C)O)c3c(C)nc(N)nc32)c1C. The summed E-state index contributed by atoms with van der Waals surface area (Å²) in [5, 5.41) is 11.2. The minimum absolute atomic E-state index is 0.236. The maximum Gasteiger partial charge on any atom is 0.222 e. The van der Waals surface area contributed by atoms with Crippen molar-refractivity contribution in [2.75, 3.05) is 12.8 Å². The molecule has 0 radical (unpaired) electrons. The van der Waals surface area contributed by atoms with Crippen molar-refractivity contribution in [3.05, 3.63) is 40.5 Å². The molecule has 144 valence electrons. The molecule has 3 N–H and O–H groups in total. The van der Waals surface area contributed by atoms with E-state index in [1.54, 1.807) is 21.0 Å². The van der Waals surface area contributed by atoms with Gasteiger partial charge in [-0.05, 0) is 40.2 Å². The van der Waals surface area contributed by atoms with Crippen molar-refractivity contribution >= 4 is 17.0 Å². The Morgan fingerprint density at radius 2 is 1.93 bits per heavy atom. The first kappa shape index (κ1) is 19.1. The third-order valence-electron chi connectivity index (χ3n) is 4.69. The van der Waals surface area contributed by atoms with Gasteiger partial charge in [-0.15, -0.1) is 0 Å². The first-order valence-corrected chi connectivity index (χ1v) is 8.94. The maximum atomic E-state index is 10.3. The standard InChI is InChI=1S/C20H27N5O2/c1-11-8-22-15(12(2)17(11)27-6)10-25-9-14(7-20(4,5)26)16-13(3)23-19(21)24-18(16)25/h8-9,26H,7,10H2,1-6H3,(H2,21,23,24). The Hall–Kier alpha value is -2.67. The van der Waals surface area contributed by atoms with Gasteiger partial charge in [-0.25, -0.2) is 4.98 Å². The number of hydrogen-bond acceptors (Lipinski definition) is 6. The number of anilines is 1. The largest absolute Gasteiger partial charge is 0.496 e. The molecule has 0 aliphatic heterocycles. The Morgan fingerprint density at radius 3 is 2.56 bits per heavy atom. The number of pyridine rings is 1. The fourth-order valence-corrected chi connectivity index (χ4v) is 3.59. The van der Waals surface area contributed by atoms with E-state index >= 15 is 0 Å². The van der Waals surface area contributed by atoms with Gasteiger partial charge in [0.15, 0.2) is 0 Å². The number of aryl methyl sites for hydroxylation is 2. The minimum atomic E-state index is -0.839. The lowest BCUT2D eigenvalue weighted by Crippen LogP contribution is -2.21. The predicted octanol–water partition coefficient (Wildman–Crippen LogP) is 2.70. The van der Waals surface area contributed by atoms with Crippen molar-refractivity contribution in [3.63, 3.8) is 0 Å². The van der Waals surface area contributed by atoms with Crippen molar-refractivity contribution in [1.29, 1.82) is 0 Å². The second-order valence-corrected chi connectivity index (χ2v) is 7.68. The Bertz CT molecular complexity index is 1000. The van der Waals surface area contributed by atoms with Crippen LogP contribution in [0.2, 0.25) is 0 Å². The van der Waals surface area contributed by atoms with E-state index in [0.29, 0.717) is 13.0 Å². The summed E-state index contributed by atoms with van der Waals surface area (Å²) in [7, 11) is 1.67. The summed E-state index contributed by atoms with van der Waals surface area (Å²) in [6.07, 6.45) is 4.32. The van der Waals surface area contributed by atoms with Crippen molar-refractivity contribution in [3.8, 4) is 5.75 Å². The third kappa shape index (κ3) is 3.73. The first-order valence-electron chi connectivity index (χ1n) is 8.94. The summed E-state index contributed by atoms with van der Waals surface area (Å²) in [5.74, 6) is 1.08. The summed E-state index contributed by atoms with van der Waals surface area (Å²) in [6, 6.07) is 0. The molecule has 0 fully saturated rings. The van der Waals surface area contributed by atoms with Crippen LogP contribution in [0.4, 0.5) is 5.95 Å². The lowest BCUT2D eigenvalue weighted by Gasteiger charge is -2.16. The number of aromatic nitrogens is 4. The average molecular weight is 369 g/mol. The fraction of sp³-hybridized carbons (Fsp3) is 0.450. The van der Waals surface area contributed by atoms with E-state index in [-0.39, 0.29) is 5.95 Å². The van der Waals surface area contributed by atoms with Crippen LogP contribution in [0.25, 0.3) is 11.0 Å². The van der Waals surface area contributed by atoms with Gasteiger partial charge in [0.2, 0.25) is 5.95 Å². The second-order valence-electron chi connectivity index (χ2n) is 7.68. The molecule has 0 saturated carbocycles. The summed E-state index contributed by atoms with van der Waals surface area (Å²) in [4.78, 5) is 13.4. The van der Waals surface area contributed by atoms with Gasteiger partial charge in [0, 0.05) is 35.3 Å². The van der Waals surface area contributed by atoms with Crippen molar-refractivity contribution in [1.82, 2.24) is 19.5 Å². The van der Waals surface area contributed by atoms with Crippen LogP contribution in [-0.2, 0) is 13.0 Å². The molecular weight excluding hydrogens is 342 g/mol. The molecular formula is C20H27N5O2. The molecule has 0 amide bonds. The van der Waals surface area contributed by atoms with E-state index in [4.69, 9.17) is 10.5 Å². The predicted molar refractivity (Wildman–Crippen MR) is 106 cm³/mol. The van der Waals surface area contributed by atoms with Gasteiger partial charge < -0.3 is 20.1 Å². The van der Waals surface area contributed by atoms with Gasteiger partial charge in [0.25, 0.3) is 0 Å². The quantitative estimate of drug-likeness (QED) is 0.717. The van der Waals surface area contributed by atoms with E-state index in [1.165, 1.54) is 0 Å². The van der Waals surface area contributed by atoms with Crippen molar-refractivity contribution in [2.45, 2.75) is 53.2 Å². The van der Waals surface area contributed by atoms with Crippen LogP contribution in [0.15, 0.2) is 12.4 Å². The highest BCUT2D eigenvalue weighted by Crippen LogP contribution is 2.29. The van der Waals surface area contributed by atoms with E-state index in [1.807, 2.05) is 37.7 Å². The Kier molecular flexibility index (Phi) is 4.82. The Labute approximate surface area is 159 Å². The summed E-state index contributed by atoms with van der Waals surface area (Å²) in [5.41, 5.74) is 10.5. The van der Waals surface area contributed by atoms with E-state index < -0.39 is 5.60 Å². The number of rotatable bonds is 5. The number of aliphatic hydroxyl groups is 1. The number of nitrogens with zero attached hydrogens (tertiary/aromatic N) is 4. The molecule has 0 aliphatic carbocycles. The molecule has 3 rings (SSSR count). The van der Waals surface area contributed by atoms with Crippen molar-refractivity contribution < 1.29 is 9.84 Å². The summed E-state index contributed by atoms with van der Waals surface area (Å²) >= 11 is 0. The molecule has 0 bridgehead atoms. The van der Waals surface area contributed by atoms with Crippen LogP contribution < -0.4 is 10.5 Å². The monoisotopic (exact) mass is 369 g/mol. The minimum Gasteiger partial charge on any atom is -0.496 e. The van der Waals surface area contributed by atoms with Crippen LogP contribution >= 0.6 is 0 Å². The Morgan fingerprint density at radius 1 is 1.22 bits per heavy atom. The number of nitrogens with two attached hydrogens (primary N) is 1. The van der Waals surface area contributed by atoms with Gasteiger partial charge in [0.1, 0.15) is 11.4 Å². The van der Waals surface area contributed by atoms with E-state index in [0.717, 1.165) is 44.9 Å². The van der Waals surface area contributed by atoms with Gasteiger partial charge in [-0.3, -0.25) is 4.98 Å². The molecule has 3 heterocycles. The average Bonchev–Trinajstić information content (AvgIpc) is 2.86. The van der Waals surface area contributed by atoms with Crippen LogP contribution in [0.1, 0.15) is 41.9 Å². The smallest absolute Gasteiger partial charge is 0.222 e. The molecule has 0 atom stereocenters. The fourth-order valence-electron chi connectivity index (χ4n) is 3.59. The zero-order valence-electron chi connectivity index (χ0n) is 16.8. The molecule has 27 heavy (non-hydrogen) atoms. The van der Waals surface area contributed by atoms with Gasteiger partial charge in [-0.2, -0.15) is 4.98 Å². The lowest BCUT2D eigenvalue weighted by atomic mass is 9.98. The molecule has 0 aliphatic rings. The van der Waals surface area contributed by atoms with Crippen LogP contribution in [0.3, 0.4) is 0 Å². The number of fused-ring (bicyclic) bond motifs is 1. The van der Waals surface area contributed by atoms with Crippen LogP contribution in [0.5, 0.6) is 5.75 Å². The number of nitrogen functional groups attached to an aromatic ring is 1. The van der Waals surface area contributed by atoms with Gasteiger partial charge in [-0.1, -0.05) is 0 Å². The topological polar surface area (TPSA) is 99.1 Å². The summed E-state index contributed by atoms with van der Waals surface area (Å²) < 4.78 is 7.54. The lowest BCUT2D eigenvalue weighted by molar-refractivity contribution is 0.0813. The molecule has 0 aromatic carbocycles. The van der Waals surface area contributed by atoms with Crippen molar-refractivity contribution in [2.24, 2.45) is 0 Å². The zero-order valence-corrected chi connectivity index (χ0v) is 16.8. The normalized spacial score (nSPS) is 12.0. The second kappa shape index (κ2) is 6.81. The number of hydrogen-bond donors (Lipinski definition) is 2. The molecule has 3 aromatic heterocycles. The molecule has 0 spiro atoms. The molecule has 0 unspecified atom stereocenters. The molecule has 7 nitrogen and oxygen atoms in total. The van der Waals surface area contributed by atoms with E-state index in [9.17, 15) is 5.11 Å². The molecule has 3 aromatic rings. The van der Waals surface area contributed by atoms with Crippen LogP contribution in [-0.4, -0.2) is 37.3 Å². The number of methoxy groups -OCH3 is 1. The highest BCUT2D eigenvalue weighted by molar-refractivity contribution is 5.84. The molecule has 7 heteroatoms. The number of ether oxygens (including phenoxy) is 1. The van der Waals surface area contributed by atoms with Gasteiger partial charge >= 0.3 is 0 Å². The van der Waals surface area contributed by atoms with Crippen LogP contribution in [0, 0.1) is 20.8 Å². The first-order chi connectivity index (χ1) is 12.6. The zero-order chi connectivity index (χ0) is 19.9. The highest BCUT2D eigenvalue weighted by atomic mass is 16.5. The maximum absolute atomic E-state index is 10.3. The van der Waals surface area contributed by atoms with Gasteiger partial charge in [0.05, 0.1) is 30.6 Å². The van der Waals surface area contributed by atoms with E-state index in [2.05, 4.69) is 15.0 Å².